The first kappa shape index (κ1) is 13.4. The van der Waals surface area contributed by atoms with Crippen LogP contribution in [0.2, 0.25) is 0 Å². The van der Waals surface area contributed by atoms with Crippen LogP contribution >= 0.6 is 11.5 Å². The summed E-state index contributed by atoms with van der Waals surface area (Å²) in [5, 5.41) is 13.0. The minimum absolute atomic E-state index is 0.0501. The summed E-state index contributed by atoms with van der Waals surface area (Å²) in [6.45, 7) is 5.76. The van der Waals surface area contributed by atoms with Crippen LogP contribution in [0.3, 0.4) is 0 Å². The molecule has 2 heterocycles. The van der Waals surface area contributed by atoms with Crippen molar-refractivity contribution in [1.82, 2.24) is 14.5 Å². The van der Waals surface area contributed by atoms with Gasteiger partial charge in [0.1, 0.15) is 4.88 Å². The summed E-state index contributed by atoms with van der Waals surface area (Å²) in [4.78, 5) is 14.9. The van der Waals surface area contributed by atoms with Crippen LogP contribution in [-0.2, 0) is 0 Å². The van der Waals surface area contributed by atoms with Crippen LogP contribution in [0.25, 0.3) is 0 Å². The summed E-state index contributed by atoms with van der Waals surface area (Å²) in [6, 6.07) is 0. The SMILES string of the molecule is CC(C)c1nnsc1C(=O)N1CCC(CCO)C1. The fourth-order valence-electron chi connectivity index (χ4n) is 2.30. The van der Waals surface area contributed by atoms with Crippen molar-refractivity contribution in [3.05, 3.63) is 10.6 Å². The van der Waals surface area contributed by atoms with Gasteiger partial charge in [0.2, 0.25) is 0 Å². The summed E-state index contributed by atoms with van der Waals surface area (Å²) in [7, 11) is 0. The molecule has 1 saturated heterocycles. The van der Waals surface area contributed by atoms with Gasteiger partial charge in [0.25, 0.3) is 5.91 Å². The molecule has 0 aromatic carbocycles. The Balaban J connectivity index is 2.06. The molecular formula is C12H19N3O2S. The lowest BCUT2D eigenvalue weighted by Crippen LogP contribution is -2.29. The van der Waals surface area contributed by atoms with E-state index in [2.05, 4.69) is 9.59 Å². The van der Waals surface area contributed by atoms with Gasteiger partial charge < -0.3 is 10.0 Å². The first-order chi connectivity index (χ1) is 8.63. The number of aliphatic hydroxyl groups is 1. The highest BCUT2D eigenvalue weighted by atomic mass is 32.1. The van der Waals surface area contributed by atoms with E-state index in [9.17, 15) is 4.79 Å². The van der Waals surface area contributed by atoms with E-state index in [-0.39, 0.29) is 18.4 Å². The standard InChI is InChI=1S/C12H19N3O2S/c1-8(2)10-11(18-14-13-10)12(17)15-5-3-9(7-15)4-6-16/h8-9,16H,3-7H2,1-2H3. The highest BCUT2D eigenvalue weighted by Crippen LogP contribution is 2.25. The molecule has 1 unspecified atom stereocenters. The molecule has 0 radical (unpaired) electrons. The molecule has 1 N–H and O–H groups in total. The van der Waals surface area contributed by atoms with Crippen LogP contribution in [-0.4, -0.2) is 45.2 Å². The van der Waals surface area contributed by atoms with Crippen molar-refractivity contribution in [3.8, 4) is 0 Å². The van der Waals surface area contributed by atoms with Gasteiger partial charge in [-0.1, -0.05) is 18.3 Å². The van der Waals surface area contributed by atoms with Crippen molar-refractivity contribution < 1.29 is 9.90 Å². The van der Waals surface area contributed by atoms with Gasteiger partial charge in [0.15, 0.2) is 0 Å². The summed E-state index contributed by atoms with van der Waals surface area (Å²) < 4.78 is 3.90. The second-order valence-corrected chi connectivity index (χ2v) is 5.81. The van der Waals surface area contributed by atoms with Crippen LogP contribution in [0.1, 0.15) is 48.0 Å². The normalized spacial score (nSPS) is 19.8. The third kappa shape index (κ3) is 2.70. The second kappa shape index (κ2) is 5.75. The smallest absolute Gasteiger partial charge is 0.267 e. The monoisotopic (exact) mass is 269 g/mol. The first-order valence-corrected chi connectivity index (χ1v) is 7.13. The molecule has 0 spiro atoms. The summed E-state index contributed by atoms with van der Waals surface area (Å²) in [6.07, 6.45) is 1.76. The maximum absolute atomic E-state index is 12.4. The van der Waals surface area contributed by atoms with E-state index < -0.39 is 0 Å². The molecule has 1 aliphatic rings. The Labute approximate surface area is 111 Å². The van der Waals surface area contributed by atoms with E-state index >= 15 is 0 Å². The fraction of sp³-hybridized carbons (Fsp3) is 0.750. The van der Waals surface area contributed by atoms with Gasteiger partial charge in [-0.3, -0.25) is 4.79 Å². The second-order valence-electron chi connectivity index (χ2n) is 5.06. The third-order valence-electron chi connectivity index (χ3n) is 3.36. The molecule has 0 bridgehead atoms. The van der Waals surface area contributed by atoms with Crippen molar-refractivity contribution in [2.45, 2.75) is 32.6 Å². The van der Waals surface area contributed by atoms with E-state index in [1.54, 1.807) is 0 Å². The number of hydrogen-bond donors (Lipinski definition) is 1. The average molecular weight is 269 g/mol. The van der Waals surface area contributed by atoms with E-state index in [1.807, 2.05) is 18.7 Å². The van der Waals surface area contributed by atoms with E-state index in [0.717, 1.165) is 31.6 Å². The summed E-state index contributed by atoms with van der Waals surface area (Å²) in [5.74, 6) is 0.704. The van der Waals surface area contributed by atoms with Gasteiger partial charge in [-0.2, -0.15) is 0 Å². The van der Waals surface area contributed by atoms with Gasteiger partial charge >= 0.3 is 0 Å². The van der Waals surface area contributed by atoms with Crippen LogP contribution in [0.15, 0.2) is 0 Å². The molecular weight excluding hydrogens is 250 g/mol. The molecule has 2 rings (SSSR count). The Kier molecular flexibility index (Phi) is 4.29. The molecule has 1 aromatic rings. The van der Waals surface area contributed by atoms with Gasteiger partial charge in [0, 0.05) is 19.7 Å². The van der Waals surface area contributed by atoms with Crippen molar-refractivity contribution >= 4 is 17.4 Å². The van der Waals surface area contributed by atoms with Gasteiger partial charge in [-0.25, -0.2) is 0 Å². The number of nitrogens with zero attached hydrogens (tertiary/aromatic N) is 3. The van der Waals surface area contributed by atoms with Crippen molar-refractivity contribution in [1.29, 1.82) is 0 Å². The lowest BCUT2D eigenvalue weighted by atomic mass is 10.1. The predicted octanol–water partition coefficient (Wildman–Crippen LogP) is 1.51. The molecule has 0 saturated carbocycles. The molecule has 1 atom stereocenters. The molecule has 18 heavy (non-hydrogen) atoms. The van der Waals surface area contributed by atoms with Gasteiger partial charge in [-0.15, -0.1) is 5.10 Å². The Morgan fingerprint density at radius 2 is 2.39 bits per heavy atom. The number of hydrogen-bond acceptors (Lipinski definition) is 5. The minimum atomic E-state index is 0.0501. The number of rotatable bonds is 4. The van der Waals surface area contributed by atoms with Crippen molar-refractivity contribution in [2.75, 3.05) is 19.7 Å². The zero-order valence-electron chi connectivity index (χ0n) is 10.8. The largest absolute Gasteiger partial charge is 0.396 e. The lowest BCUT2D eigenvalue weighted by molar-refractivity contribution is 0.0788. The predicted molar refractivity (Wildman–Crippen MR) is 69.7 cm³/mol. The van der Waals surface area contributed by atoms with Crippen molar-refractivity contribution in [3.63, 3.8) is 0 Å². The number of aromatic nitrogens is 2. The van der Waals surface area contributed by atoms with Crippen molar-refractivity contribution in [2.24, 2.45) is 5.92 Å². The number of likely N-dealkylation sites (tertiary alicyclic amines) is 1. The Bertz CT molecular complexity index is 419. The quantitative estimate of drug-likeness (QED) is 0.899. The molecule has 1 amide bonds. The van der Waals surface area contributed by atoms with Gasteiger partial charge in [-0.05, 0) is 36.2 Å². The minimum Gasteiger partial charge on any atom is -0.396 e. The van der Waals surface area contributed by atoms with E-state index in [1.165, 1.54) is 11.5 Å². The first-order valence-electron chi connectivity index (χ1n) is 6.35. The molecule has 1 aromatic heterocycles. The zero-order chi connectivity index (χ0) is 13.1. The number of carbonyl (C=O) groups is 1. The topological polar surface area (TPSA) is 66.3 Å². The van der Waals surface area contributed by atoms with Crippen LogP contribution in [0.5, 0.6) is 0 Å². The average Bonchev–Trinajstić information content (AvgIpc) is 2.96. The van der Waals surface area contributed by atoms with Crippen LogP contribution in [0.4, 0.5) is 0 Å². The summed E-state index contributed by atoms with van der Waals surface area (Å²) in [5.41, 5.74) is 0.801. The highest BCUT2D eigenvalue weighted by molar-refractivity contribution is 7.08. The van der Waals surface area contributed by atoms with E-state index in [0.29, 0.717) is 10.8 Å². The lowest BCUT2D eigenvalue weighted by Gasteiger charge is -2.16. The van der Waals surface area contributed by atoms with Crippen LogP contribution in [0, 0.1) is 5.92 Å². The number of aliphatic hydroxyl groups excluding tert-OH is 1. The maximum atomic E-state index is 12.4. The molecule has 0 aliphatic carbocycles. The number of carbonyl (C=O) groups excluding carboxylic acids is 1. The third-order valence-corrected chi connectivity index (χ3v) is 4.09. The molecule has 5 nitrogen and oxygen atoms in total. The zero-order valence-corrected chi connectivity index (χ0v) is 11.6. The Morgan fingerprint density at radius 1 is 1.61 bits per heavy atom. The molecule has 1 fully saturated rings. The molecule has 100 valence electrons. The number of amides is 1. The summed E-state index contributed by atoms with van der Waals surface area (Å²) >= 11 is 1.19. The maximum Gasteiger partial charge on any atom is 0.267 e. The van der Waals surface area contributed by atoms with E-state index in [4.69, 9.17) is 5.11 Å². The Hall–Kier alpha value is -1.01. The highest BCUT2D eigenvalue weighted by Gasteiger charge is 2.29. The Morgan fingerprint density at radius 3 is 3.06 bits per heavy atom. The van der Waals surface area contributed by atoms with Gasteiger partial charge in [0.05, 0.1) is 5.69 Å². The molecule has 1 aliphatic heterocycles. The van der Waals surface area contributed by atoms with Crippen LogP contribution < -0.4 is 0 Å². The molecule has 6 heteroatoms. The fourth-order valence-corrected chi connectivity index (χ4v) is 3.09.